The highest BCUT2D eigenvalue weighted by molar-refractivity contribution is 7.92. The molecular weight excluding hydrogens is 316 g/mol. The first-order chi connectivity index (χ1) is 10.8. The van der Waals surface area contributed by atoms with Crippen LogP contribution in [0.2, 0.25) is 0 Å². The van der Waals surface area contributed by atoms with Crippen LogP contribution in [0.3, 0.4) is 0 Å². The molecule has 2 aromatic carbocycles. The minimum atomic E-state index is -3.76. The smallest absolute Gasteiger partial charge is 0.408 e. The van der Waals surface area contributed by atoms with Crippen LogP contribution in [0.4, 0.5) is 5.69 Å². The maximum Gasteiger partial charge on any atom is 0.419 e. The van der Waals surface area contributed by atoms with Crippen LogP contribution in [0, 0.1) is 13.8 Å². The molecule has 3 aromatic rings. The molecule has 3 rings (SSSR count). The number of aromatic nitrogens is 1. The van der Waals surface area contributed by atoms with Crippen LogP contribution < -0.4 is 10.5 Å². The highest BCUT2D eigenvalue weighted by Crippen LogP contribution is 2.25. The van der Waals surface area contributed by atoms with Crippen LogP contribution in [-0.2, 0) is 17.1 Å². The number of oxazole rings is 1. The minimum Gasteiger partial charge on any atom is -0.408 e. The number of fused-ring (bicyclic) bond motifs is 1. The molecule has 0 fully saturated rings. The third kappa shape index (κ3) is 2.63. The van der Waals surface area contributed by atoms with Crippen molar-refractivity contribution in [1.29, 1.82) is 0 Å². The van der Waals surface area contributed by atoms with Crippen LogP contribution >= 0.6 is 0 Å². The topological polar surface area (TPSA) is 81.3 Å². The molecule has 1 N–H and O–H groups in total. The zero-order chi connectivity index (χ0) is 16.8. The molecule has 6 nitrogen and oxygen atoms in total. The molecule has 1 heterocycles. The number of para-hydroxylation sites is 1. The maximum atomic E-state index is 12.6. The van der Waals surface area contributed by atoms with Crippen molar-refractivity contribution < 1.29 is 12.8 Å². The zero-order valence-electron chi connectivity index (χ0n) is 13.0. The van der Waals surface area contributed by atoms with E-state index in [2.05, 4.69) is 4.72 Å². The van der Waals surface area contributed by atoms with Crippen molar-refractivity contribution in [2.24, 2.45) is 7.05 Å². The molecule has 0 atom stereocenters. The fourth-order valence-electron chi connectivity index (χ4n) is 2.44. The number of nitrogens with zero attached hydrogens (tertiary/aromatic N) is 1. The van der Waals surface area contributed by atoms with Gasteiger partial charge in [0.15, 0.2) is 5.58 Å². The van der Waals surface area contributed by atoms with Crippen molar-refractivity contribution in [3.63, 3.8) is 0 Å². The van der Waals surface area contributed by atoms with Gasteiger partial charge in [-0.25, -0.2) is 13.2 Å². The predicted molar refractivity (Wildman–Crippen MR) is 88.2 cm³/mol. The summed E-state index contributed by atoms with van der Waals surface area (Å²) in [6.07, 6.45) is 0. The van der Waals surface area contributed by atoms with E-state index < -0.39 is 15.8 Å². The van der Waals surface area contributed by atoms with Crippen molar-refractivity contribution in [1.82, 2.24) is 4.57 Å². The molecule has 0 saturated heterocycles. The van der Waals surface area contributed by atoms with Crippen molar-refractivity contribution in [3.8, 4) is 0 Å². The second-order valence-corrected chi connectivity index (χ2v) is 7.11. The first-order valence-corrected chi connectivity index (χ1v) is 8.46. The van der Waals surface area contributed by atoms with Gasteiger partial charge in [0, 0.05) is 7.05 Å². The Morgan fingerprint density at radius 2 is 1.74 bits per heavy atom. The monoisotopic (exact) mass is 332 g/mol. The van der Waals surface area contributed by atoms with Gasteiger partial charge in [-0.2, -0.15) is 0 Å². The largest absolute Gasteiger partial charge is 0.419 e. The van der Waals surface area contributed by atoms with Crippen molar-refractivity contribution in [3.05, 3.63) is 58.1 Å². The van der Waals surface area contributed by atoms with Crippen LogP contribution in [0.25, 0.3) is 11.1 Å². The van der Waals surface area contributed by atoms with Crippen LogP contribution in [-0.4, -0.2) is 13.0 Å². The molecule has 0 bridgehead atoms. The zero-order valence-corrected chi connectivity index (χ0v) is 13.8. The number of aryl methyl sites for hydroxylation is 3. The summed E-state index contributed by atoms with van der Waals surface area (Å²) in [7, 11) is -2.23. The molecule has 0 aliphatic carbocycles. The lowest BCUT2D eigenvalue weighted by Gasteiger charge is -2.13. The van der Waals surface area contributed by atoms with E-state index in [1.807, 2.05) is 32.0 Å². The van der Waals surface area contributed by atoms with Crippen LogP contribution in [0.15, 0.2) is 50.5 Å². The molecule has 0 aliphatic rings. The van der Waals surface area contributed by atoms with E-state index in [4.69, 9.17) is 4.42 Å². The van der Waals surface area contributed by atoms with Gasteiger partial charge in [-0.05, 0) is 43.2 Å². The Bertz CT molecular complexity index is 1040. The van der Waals surface area contributed by atoms with Gasteiger partial charge >= 0.3 is 5.76 Å². The summed E-state index contributed by atoms with van der Waals surface area (Å²) in [5, 5.41) is 0. The molecule has 0 unspecified atom stereocenters. The molecule has 120 valence electrons. The molecule has 7 heteroatoms. The maximum absolute atomic E-state index is 12.6. The van der Waals surface area contributed by atoms with Crippen molar-refractivity contribution in [2.45, 2.75) is 18.7 Å². The average Bonchev–Trinajstić information content (AvgIpc) is 2.78. The summed E-state index contributed by atoms with van der Waals surface area (Å²) in [4.78, 5) is 11.6. The standard InChI is InChI=1S/C16H16N2O4S/c1-10-5-4-6-11(2)15(10)17-23(20,21)12-7-8-14-13(9-12)18(3)16(19)22-14/h4-9,17H,1-3H3. The van der Waals surface area contributed by atoms with E-state index in [0.717, 1.165) is 11.1 Å². The van der Waals surface area contributed by atoms with Crippen LogP contribution in [0.1, 0.15) is 11.1 Å². The van der Waals surface area contributed by atoms with Gasteiger partial charge in [-0.15, -0.1) is 0 Å². The van der Waals surface area contributed by atoms with E-state index in [0.29, 0.717) is 16.8 Å². The molecular formula is C16H16N2O4S. The fraction of sp³-hybridized carbons (Fsp3) is 0.188. The van der Waals surface area contributed by atoms with Gasteiger partial charge in [-0.1, -0.05) is 18.2 Å². The van der Waals surface area contributed by atoms with Gasteiger partial charge in [0.1, 0.15) is 0 Å². The number of benzene rings is 2. The lowest BCUT2D eigenvalue weighted by molar-refractivity contribution is 0.528. The Hall–Kier alpha value is -2.54. The number of hydrogen-bond donors (Lipinski definition) is 1. The Kier molecular flexibility index (Phi) is 3.52. The lowest BCUT2D eigenvalue weighted by atomic mass is 10.1. The number of sulfonamides is 1. The number of rotatable bonds is 3. The number of anilines is 1. The second kappa shape index (κ2) is 5.27. The quantitative estimate of drug-likeness (QED) is 0.799. The summed E-state index contributed by atoms with van der Waals surface area (Å²) in [5.74, 6) is -0.530. The summed E-state index contributed by atoms with van der Waals surface area (Å²) in [6.45, 7) is 3.68. The first-order valence-electron chi connectivity index (χ1n) is 6.98. The van der Waals surface area contributed by atoms with Gasteiger partial charge in [0.2, 0.25) is 0 Å². The summed E-state index contributed by atoms with van der Waals surface area (Å²) in [6, 6.07) is 9.88. The molecule has 23 heavy (non-hydrogen) atoms. The van der Waals surface area contributed by atoms with Crippen molar-refractivity contribution >= 4 is 26.8 Å². The average molecular weight is 332 g/mol. The third-order valence-electron chi connectivity index (χ3n) is 3.79. The first kappa shape index (κ1) is 15.4. The second-order valence-electron chi connectivity index (χ2n) is 5.43. The highest BCUT2D eigenvalue weighted by Gasteiger charge is 2.18. The molecule has 0 spiro atoms. The lowest BCUT2D eigenvalue weighted by Crippen LogP contribution is -2.15. The summed E-state index contributed by atoms with van der Waals surface area (Å²) in [5.41, 5.74) is 3.02. The molecule has 0 radical (unpaired) electrons. The SMILES string of the molecule is Cc1cccc(C)c1NS(=O)(=O)c1ccc2oc(=O)n(C)c2c1. The minimum absolute atomic E-state index is 0.0732. The van der Waals surface area contributed by atoms with Gasteiger partial charge in [0.25, 0.3) is 10.0 Å². The Balaban J connectivity index is 2.09. The van der Waals surface area contributed by atoms with Gasteiger partial charge < -0.3 is 4.42 Å². The molecule has 0 amide bonds. The Morgan fingerprint density at radius 3 is 2.39 bits per heavy atom. The predicted octanol–water partition coefficient (Wildman–Crippen LogP) is 2.55. The molecule has 0 aliphatic heterocycles. The van der Waals surface area contributed by atoms with E-state index in [9.17, 15) is 13.2 Å². The Labute approximate surface area is 133 Å². The summed E-state index contributed by atoms with van der Waals surface area (Å²) < 4.78 is 34.2. The molecule has 1 aromatic heterocycles. The van der Waals surface area contributed by atoms with E-state index in [-0.39, 0.29) is 4.90 Å². The van der Waals surface area contributed by atoms with Crippen LogP contribution in [0.5, 0.6) is 0 Å². The molecule has 0 saturated carbocycles. The fourth-order valence-corrected chi connectivity index (χ4v) is 3.66. The van der Waals surface area contributed by atoms with E-state index >= 15 is 0 Å². The van der Waals surface area contributed by atoms with Gasteiger partial charge in [-0.3, -0.25) is 9.29 Å². The van der Waals surface area contributed by atoms with Crippen molar-refractivity contribution in [2.75, 3.05) is 4.72 Å². The van der Waals surface area contributed by atoms with E-state index in [1.54, 1.807) is 0 Å². The highest BCUT2D eigenvalue weighted by atomic mass is 32.2. The normalized spacial score (nSPS) is 11.8. The van der Waals surface area contributed by atoms with E-state index in [1.165, 1.54) is 29.8 Å². The third-order valence-corrected chi connectivity index (χ3v) is 5.14. The summed E-state index contributed by atoms with van der Waals surface area (Å²) >= 11 is 0. The van der Waals surface area contributed by atoms with Gasteiger partial charge in [0.05, 0.1) is 16.1 Å². The number of nitrogens with one attached hydrogen (secondary N) is 1. The number of hydrogen-bond acceptors (Lipinski definition) is 4. The Morgan fingerprint density at radius 1 is 1.09 bits per heavy atom.